The zero-order valence-corrected chi connectivity index (χ0v) is 17.4. The zero-order valence-electron chi connectivity index (χ0n) is 15.0. The average Bonchev–Trinajstić information content (AvgIpc) is 3.16. The van der Waals surface area contributed by atoms with Crippen molar-refractivity contribution >= 4 is 62.7 Å². The molecule has 2 fully saturated rings. The molecule has 0 saturated carbocycles. The number of nitrogens with one attached hydrogen (secondary N) is 1. The van der Waals surface area contributed by atoms with Crippen molar-refractivity contribution in [3.8, 4) is 0 Å². The van der Waals surface area contributed by atoms with Crippen LogP contribution in [0, 0.1) is 0 Å². The van der Waals surface area contributed by atoms with Crippen molar-refractivity contribution in [2.75, 3.05) is 22.9 Å². The highest BCUT2D eigenvalue weighted by Gasteiger charge is 2.34. The maximum Gasteiger partial charge on any atom is 0.270 e. The van der Waals surface area contributed by atoms with Gasteiger partial charge in [-0.15, -0.1) is 0 Å². The number of carbonyl (C=O) groups is 2. The Morgan fingerprint density at radius 3 is 2.46 bits per heavy atom. The quantitative estimate of drug-likeness (QED) is 0.428. The van der Waals surface area contributed by atoms with Gasteiger partial charge in [0.1, 0.15) is 11.3 Å². The lowest BCUT2D eigenvalue weighted by Crippen LogP contribution is -2.54. The molecule has 1 N–H and O–H groups in total. The highest BCUT2D eigenvalue weighted by molar-refractivity contribution is 9.10. The lowest BCUT2D eigenvalue weighted by molar-refractivity contribution is -0.122. The van der Waals surface area contributed by atoms with Gasteiger partial charge in [0.2, 0.25) is 0 Å². The summed E-state index contributed by atoms with van der Waals surface area (Å²) in [5.74, 6) is 0.212. The Hall–Kier alpha value is -2.45. The summed E-state index contributed by atoms with van der Waals surface area (Å²) in [7, 11) is 0. The van der Waals surface area contributed by atoms with Crippen LogP contribution in [-0.4, -0.2) is 30.0 Å². The Morgan fingerprint density at radius 1 is 1.04 bits per heavy atom. The average molecular weight is 460 g/mol. The van der Waals surface area contributed by atoms with Crippen molar-refractivity contribution in [2.45, 2.75) is 19.3 Å². The number of hydrogen-bond donors (Lipinski definition) is 1. The summed E-state index contributed by atoms with van der Waals surface area (Å²) in [5, 5.41) is 2.64. The molecule has 0 atom stereocenters. The highest BCUT2D eigenvalue weighted by atomic mass is 79.9. The lowest BCUT2D eigenvalue weighted by atomic mass is 10.1. The molecule has 28 heavy (non-hydrogen) atoms. The Kier molecular flexibility index (Phi) is 5.32. The van der Waals surface area contributed by atoms with Crippen molar-refractivity contribution in [1.82, 2.24) is 5.32 Å². The summed E-state index contributed by atoms with van der Waals surface area (Å²) in [6.45, 7) is 1.91. The van der Waals surface area contributed by atoms with Gasteiger partial charge in [-0.05, 0) is 67.9 Å². The number of piperidine rings is 1. The van der Waals surface area contributed by atoms with E-state index in [2.05, 4.69) is 26.1 Å². The molecule has 2 saturated heterocycles. The number of nitrogens with zero attached hydrogens (tertiary/aromatic N) is 2. The van der Waals surface area contributed by atoms with Crippen LogP contribution >= 0.6 is 28.1 Å². The second-order valence-electron chi connectivity index (χ2n) is 6.66. The van der Waals surface area contributed by atoms with E-state index in [1.54, 1.807) is 18.2 Å². The van der Waals surface area contributed by atoms with Crippen molar-refractivity contribution in [1.29, 1.82) is 0 Å². The minimum atomic E-state index is -0.528. The molecule has 1 aromatic heterocycles. The van der Waals surface area contributed by atoms with Crippen LogP contribution in [-0.2, 0) is 9.59 Å². The summed E-state index contributed by atoms with van der Waals surface area (Å²) in [4.78, 5) is 28.9. The number of anilines is 2. The zero-order chi connectivity index (χ0) is 19.7. The maximum atomic E-state index is 13.0. The number of thiocarbonyl (C=S) groups is 1. The monoisotopic (exact) mass is 459 g/mol. The van der Waals surface area contributed by atoms with E-state index in [0.717, 1.165) is 36.3 Å². The normalized spacial score (nSPS) is 19.3. The summed E-state index contributed by atoms with van der Waals surface area (Å²) in [6.07, 6.45) is 4.97. The molecule has 0 radical (unpaired) electrons. The first-order valence-electron chi connectivity index (χ1n) is 9.05. The van der Waals surface area contributed by atoms with E-state index < -0.39 is 11.8 Å². The van der Waals surface area contributed by atoms with Crippen LogP contribution in [0.2, 0.25) is 0 Å². The fourth-order valence-electron chi connectivity index (χ4n) is 3.33. The fourth-order valence-corrected chi connectivity index (χ4v) is 3.87. The number of benzene rings is 1. The molecule has 1 aromatic carbocycles. The molecule has 0 bridgehead atoms. The third kappa shape index (κ3) is 3.74. The molecule has 8 heteroatoms. The topological polar surface area (TPSA) is 65.8 Å². The molecule has 2 aliphatic heterocycles. The molecule has 3 heterocycles. The van der Waals surface area contributed by atoms with Crippen LogP contribution in [0.4, 0.5) is 11.6 Å². The molecule has 144 valence electrons. The third-order valence-electron chi connectivity index (χ3n) is 4.75. The number of rotatable bonds is 3. The van der Waals surface area contributed by atoms with Gasteiger partial charge in [0.05, 0.1) is 5.69 Å². The highest BCUT2D eigenvalue weighted by Crippen LogP contribution is 2.26. The molecular formula is C20H18BrN3O3S. The molecule has 0 spiro atoms. The van der Waals surface area contributed by atoms with Crippen LogP contribution in [0.1, 0.15) is 25.0 Å². The van der Waals surface area contributed by atoms with Crippen LogP contribution in [0.3, 0.4) is 0 Å². The summed E-state index contributed by atoms with van der Waals surface area (Å²) in [6, 6.07) is 10.8. The Bertz CT molecular complexity index is 961. The second kappa shape index (κ2) is 7.89. The first-order valence-corrected chi connectivity index (χ1v) is 10.2. The van der Waals surface area contributed by atoms with E-state index in [9.17, 15) is 9.59 Å². The van der Waals surface area contributed by atoms with E-state index in [0.29, 0.717) is 11.4 Å². The van der Waals surface area contributed by atoms with Gasteiger partial charge in [-0.2, -0.15) is 0 Å². The number of carbonyl (C=O) groups excluding carboxylic acids is 2. The molecule has 6 nitrogen and oxygen atoms in total. The van der Waals surface area contributed by atoms with Crippen molar-refractivity contribution < 1.29 is 14.0 Å². The van der Waals surface area contributed by atoms with Gasteiger partial charge in [-0.1, -0.05) is 15.9 Å². The molecule has 4 rings (SSSR count). The van der Waals surface area contributed by atoms with Gasteiger partial charge < -0.3 is 9.32 Å². The summed E-state index contributed by atoms with van der Waals surface area (Å²) < 4.78 is 6.75. The summed E-state index contributed by atoms with van der Waals surface area (Å²) in [5.41, 5.74) is 0.564. The molecule has 2 amide bonds. The number of amides is 2. The number of furan rings is 1. The van der Waals surface area contributed by atoms with Crippen LogP contribution < -0.4 is 15.1 Å². The van der Waals surface area contributed by atoms with Crippen LogP contribution in [0.25, 0.3) is 6.08 Å². The first-order chi connectivity index (χ1) is 13.5. The van der Waals surface area contributed by atoms with Gasteiger partial charge in [-0.3, -0.25) is 19.8 Å². The van der Waals surface area contributed by atoms with Gasteiger partial charge >= 0.3 is 0 Å². The van der Waals surface area contributed by atoms with E-state index in [1.165, 1.54) is 17.4 Å². The lowest BCUT2D eigenvalue weighted by Gasteiger charge is -2.28. The fraction of sp³-hybridized carbons (Fsp3) is 0.250. The van der Waals surface area contributed by atoms with Gasteiger partial charge in [-0.25, -0.2) is 0 Å². The Morgan fingerprint density at radius 2 is 1.75 bits per heavy atom. The molecule has 0 unspecified atom stereocenters. The third-order valence-corrected chi connectivity index (χ3v) is 5.57. The van der Waals surface area contributed by atoms with E-state index >= 15 is 0 Å². The van der Waals surface area contributed by atoms with Crippen molar-refractivity contribution in [3.05, 3.63) is 52.2 Å². The Labute approximate surface area is 176 Å². The van der Waals surface area contributed by atoms with Crippen molar-refractivity contribution in [2.24, 2.45) is 0 Å². The van der Waals surface area contributed by atoms with E-state index in [1.807, 2.05) is 18.2 Å². The second-order valence-corrected chi connectivity index (χ2v) is 7.96. The molecule has 2 aliphatic rings. The molecule has 2 aromatic rings. The van der Waals surface area contributed by atoms with E-state index in [-0.39, 0.29) is 10.7 Å². The minimum Gasteiger partial charge on any atom is -0.441 e. The van der Waals surface area contributed by atoms with Gasteiger partial charge in [0, 0.05) is 23.6 Å². The predicted octanol–water partition coefficient (Wildman–Crippen LogP) is 3.86. The molecular weight excluding hydrogens is 442 g/mol. The SMILES string of the molecule is O=C1NC(=S)N(c2ccc(Br)cc2)C(=O)/C1=C\c1ccc(N2CCCCC2)o1. The standard InChI is InChI=1S/C20H18BrN3O3S/c21-13-4-6-14(7-5-13)24-19(26)16(18(25)22-20(24)28)12-15-8-9-17(27-15)23-10-2-1-3-11-23/h4-9,12H,1-3,10-11H2,(H,22,25,28)/b16-12-. The first kappa shape index (κ1) is 18.9. The maximum absolute atomic E-state index is 13.0. The van der Waals surface area contributed by atoms with Crippen molar-refractivity contribution in [3.63, 3.8) is 0 Å². The smallest absolute Gasteiger partial charge is 0.270 e. The van der Waals surface area contributed by atoms with E-state index in [4.69, 9.17) is 16.6 Å². The minimum absolute atomic E-state index is 0.0175. The van der Waals surface area contributed by atoms with Crippen LogP contribution in [0.5, 0.6) is 0 Å². The van der Waals surface area contributed by atoms with Crippen LogP contribution in [0.15, 0.2) is 50.9 Å². The van der Waals surface area contributed by atoms with Gasteiger partial charge in [0.25, 0.3) is 11.8 Å². The molecule has 0 aliphatic carbocycles. The Balaban J connectivity index is 1.61. The predicted molar refractivity (Wildman–Crippen MR) is 115 cm³/mol. The number of hydrogen-bond acceptors (Lipinski definition) is 5. The largest absolute Gasteiger partial charge is 0.441 e. The summed E-state index contributed by atoms with van der Waals surface area (Å²) >= 11 is 8.57. The van der Waals surface area contributed by atoms with Gasteiger partial charge in [0.15, 0.2) is 11.0 Å². The number of halogens is 1.